The maximum Gasteiger partial charge on any atom is 0.238 e. The van der Waals surface area contributed by atoms with Gasteiger partial charge in [-0.1, -0.05) is 6.92 Å². The van der Waals surface area contributed by atoms with Gasteiger partial charge in [0.25, 0.3) is 0 Å². The number of methoxy groups -OCH3 is 1. The van der Waals surface area contributed by atoms with Gasteiger partial charge in [0, 0.05) is 18.8 Å². The number of nitrogens with zero attached hydrogens (tertiary/aromatic N) is 1. The lowest BCUT2D eigenvalue weighted by molar-refractivity contribution is -0.117. The molecule has 1 aliphatic rings. The number of ether oxygens (including phenoxy) is 2. The van der Waals surface area contributed by atoms with Gasteiger partial charge < -0.3 is 14.8 Å². The van der Waals surface area contributed by atoms with Crippen molar-refractivity contribution in [1.82, 2.24) is 4.90 Å². The molecular formula is C17H26N2O3. The molecule has 1 amide bonds. The highest BCUT2D eigenvalue weighted by molar-refractivity contribution is 5.92. The molecule has 0 aliphatic carbocycles. The summed E-state index contributed by atoms with van der Waals surface area (Å²) in [7, 11) is 1.63. The molecule has 22 heavy (non-hydrogen) atoms. The zero-order valence-electron chi connectivity index (χ0n) is 13.5. The Morgan fingerprint density at radius 1 is 1.36 bits per heavy atom. The number of hydrogen-bond acceptors (Lipinski definition) is 4. The molecule has 0 aromatic heterocycles. The number of nitrogens with one attached hydrogen (secondary N) is 1. The van der Waals surface area contributed by atoms with Crippen LogP contribution in [-0.4, -0.2) is 50.3 Å². The molecule has 0 bridgehead atoms. The van der Waals surface area contributed by atoms with Crippen LogP contribution in [0.15, 0.2) is 24.3 Å². The molecule has 1 saturated heterocycles. The number of carbonyl (C=O) groups excluding carboxylic acids is 1. The fourth-order valence-electron chi connectivity index (χ4n) is 2.62. The van der Waals surface area contributed by atoms with Crippen molar-refractivity contribution in [3.05, 3.63) is 24.3 Å². The molecule has 2 rings (SSSR count). The van der Waals surface area contributed by atoms with E-state index < -0.39 is 0 Å². The van der Waals surface area contributed by atoms with Crippen LogP contribution in [0.2, 0.25) is 0 Å². The summed E-state index contributed by atoms with van der Waals surface area (Å²) in [5.74, 6) is 0.783. The van der Waals surface area contributed by atoms with Crippen LogP contribution in [0.1, 0.15) is 26.2 Å². The van der Waals surface area contributed by atoms with Gasteiger partial charge in [0.1, 0.15) is 5.75 Å². The number of carbonyl (C=O) groups is 1. The van der Waals surface area contributed by atoms with Crippen LogP contribution in [0.4, 0.5) is 5.69 Å². The third kappa shape index (κ3) is 5.31. The number of likely N-dealkylation sites (N-methyl/N-ethyl adjacent to an activating group) is 1. The normalized spacial score (nSPS) is 18.2. The van der Waals surface area contributed by atoms with E-state index in [2.05, 4.69) is 17.1 Å². The van der Waals surface area contributed by atoms with Gasteiger partial charge in [-0.05, 0) is 50.1 Å². The van der Waals surface area contributed by atoms with E-state index in [1.807, 2.05) is 24.3 Å². The Balaban J connectivity index is 1.80. The third-order valence-electron chi connectivity index (χ3n) is 3.92. The highest BCUT2D eigenvalue weighted by Crippen LogP contribution is 2.16. The minimum absolute atomic E-state index is 0.00262. The first kappa shape index (κ1) is 16.8. The second kappa shape index (κ2) is 8.76. The fourth-order valence-corrected chi connectivity index (χ4v) is 2.62. The molecule has 5 heteroatoms. The Hall–Kier alpha value is -1.59. The Morgan fingerprint density at radius 2 is 2.14 bits per heavy atom. The SMILES string of the molecule is CCN(CC(=O)Nc1ccc(OC)cc1)CC1CCCCO1. The monoisotopic (exact) mass is 306 g/mol. The van der Waals surface area contributed by atoms with Gasteiger partial charge in [0.05, 0.1) is 19.8 Å². The van der Waals surface area contributed by atoms with Gasteiger partial charge in [0.2, 0.25) is 5.91 Å². The van der Waals surface area contributed by atoms with Crippen LogP contribution in [0.3, 0.4) is 0 Å². The number of amides is 1. The van der Waals surface area contributed by atoms with Gasteiger partial charge in [-0.2, -0.15) is 0 Å². The summed E-state index contributed by atoms with van der Waals surface area (Å²) in [6.45, 7) is 4.98. The summed E-state index contributed by atoms with van der Waals surface area (Å²) >= 11 is 0. The predicted molar refractivity (Wildman–Crippen MR) is 87.3 cm³/mol. The van der Waals surface area contributed by atoms with Crippen molar-refractivity contribution in [3.8, 4) is 5.75 Å². The minimum atomic E-state index is 0.00262. The molecule has 122 valence electrons. The van der Waals surface area contributed by atoms with E-state index in [0.717, 1.165) is 44.0 Å². The van der Waals surface area contributed by atoms with Crippen molar-refractivity contribution in [3.63, 3.8) is 0 Å². The second-order valence-electron chi connectivity index (χ2n) is 5.59. The second-order valence-corrected chi connectivity index (χ2v) is 5.59. The molecule has 1 unspecified atom stereocenters. The van der Waals surface area contributed by atoms with Gasteiger partial charge in [-0.25, -0.2) is 0 Å². The van der Waals surface area contributed by atoms with E-state index in [0.29, 0.717) is 6.54 Å². The molecule has 1 N–H and O–H groups in total. The lowest BCUT2D eigenvalue weighted by atomic mass is 10.1. The Labute approximate surface area is 132 Å². The summed E-state index contributed by atoms with van der Waals surface area (Å²) in [5.41, 5.74) is 0.788. The van der Waals surface area contributed by atoms with Gasteiger partial charge in [-0.15, -0.1) is 0 Å². The molecular weight excluding hydrogens is 280 g/mol. The quantitative estimate of drug-likeness (QED) is 0.841. The van der Waals surface area contributed by atoms with Crippen molar-refractivity contribution in [2.75, 3.05) is 38.7 Å². The van der Waals surface area contributed by atoms with Crippen LogP contribution in [0, 0.1) is 0 Å². The maximum absolute atomic E-state index is 12.2. The minimum Gasteiger partial charge on any atom is -0.497 e. The largest absolute Gasteiger partial charge is 0.497 e. The first-order chi connectivity index (χ1) is 10.7. The first-order valence-electron chi connectivity index (χ1n) is 7.99. The number of hydrogen-bond donors (Lipinski definition) is 1. The summed E-state index contributed by atoms with van der Waals surface area (Å²) < 4.78 is 10.9. The van der Waals surface area contributed by atoms with E-state index in [9.17, 15) is 4.79 Å². The first-order valence-corrected chi connectivity index (χ1v) is 7.99. The van der Waals surface area contributed by atoms with Gasteiger partial charge >= 0.3 is 0 Å². The highest BCUT2D eigenvalue weighted by atomic mass is 16.5. The Bertz CT molecular complexity index is 455. The van der Waals surface area contributed by atoms with E-state index >= 15 is 0 Å². The lowest BCUT2D eigenvalue weighted by Gasteiger charge is -2.28. The van der Waals surface area contributed by atoms with Gasteiger partial charge in [-0.3, -0.25) is 9.69 Å². The van der Waals surface area contributed by atoms with Crippen molar-refractivity contribution >= 4 is 11.6 Å². The number of rotatable bonds is 7. The molecule has 5 nitrogen and oxygen atoms in total. The topological polar surface area (TPSA) is 50.8 Å². The van der Waals surface area contributed by atoms with E-state index in [4.69, 9.17) is 9.47 Å². The molecule has 1 aromatic rings. The fraction of sp³-hybridized carbons (Fsp3) is 0.588. The number of anilines is 1. The van der Waals surface area contributed by atoms with Crippen LogP contribution >= 0.6 is 0 Å². The lowest BCUT2D eigenvalue weighted by Crippen LogP contribution is -2.40. The zero-order chi connectivity index (χ0) is 15.8. The third-order valence-corrected chi connectivity index (χ3v) is 3.92. The Kier molecular flexibility index (Phi) is 6.68. The van der Waals surface area contributed by atoms with Crippen LogP contribution < -0.4 is 10.1 Å². The summed E-state index contributed by atoms with van der Waals surface area (Å²) in [5, 5.41) is 2.92. The molecule has 1 fully saturated rings. The zero-order valence-corrected chi connectivity index (χ0v) is 13.5. The molecule has 0 radical (unpaired) electrons. The maximum atomic E-state index is 12.2. The Morgan fingerprint density at radius 3 is 2.73 bits per heavy atom. The molecule has 1 aliphatic heterocycles. The van der Waals surface area contributed by atoms with Crippen LogP contribution in [-0.2, 0) is 9.53 Å². The predicted octanol–water partition coefficient (Wildman–Crippen LogP) is 2.52. The summed E-state index contributed by atoms with van der Waals surface area (Å²) in [6, 6.07) is 7.36. The van der Waals surface area contributed by atoms with Crippen molar-refractivity contribution in [2.24, 2.45) is 0 Å². The van der Waals surface area contributed by atoms with Crippen molar-refractivity contribution in [2.45, 2.75) is 32.3 Å². The highest BCUT2D eigenvalue weighted by Gasteiger charge is 2.18. The summed E-state index contributed by atoms with van der Waals surface area (Å²) in [4.78, 5) is 14.3. The number of benzene rings is 1. The average molecular weight is 306 g/mol. The molecule has 0 spiro atoms. The van der Waals surface area contributed by atoms with Crippen LogP contribution in [0.5, 0.6) is 5.75 Å². The van der Waals surface area contributed by atoms with E-state index in [-0.39, 0.29) is 12.0 Å². The van der Waals surface area contributed by atoms with Gasteiger partial charge in [0.15, 0.2) is 0 Å². The van der Waals surface area contributed by atoms with Crippen molar-refractivity contribution in [1.29, 1.82) is 0 Å². The van der Waals surface area contributed by atoms with E-state index in [1.54, 1.807) is 7.11 Å². The smallest absolute Gasteiger partial charge is 0.238 e. The summed E-state index contributed by atoms with van der Waals surface area (Å²) in [6.07, 6.45) is 3.74. The van der Waals surface area contributed by atoms with Crippen LogP contribution in [0.25, 0.3) is 0 Å². The molecule has 1 atom stereocenters. The van der Waals surface area contributed by atoms with Crippen molar-refractivity contribution < 1.29 is 14.3 Å². The molecule has 1 aromatic carbocycles. The average Bonchev–Trinajstić information content (AvgIpc) is 2.56. The molecule has 1 heterocycles. The molecule has 0 saturated carbocycles. The standard InChI is InChI=1S/C17H26N2O3/c1-3-19(12-16-6-4-5-11-22-16)13-17(20)18-14-7-9-15(21-2)10-8-14/h7-10,16H,3-6,11-13H2,1-2H3,(H,18,20). The van der Waals surface area contributed by atoms with E-state index in [1.165, 1.54) is 6.42 Å².